The van der Waals surface area contributed by atoms with Crippen molar-refractivity contribution in [3.63, 3.8) is 0 Å². The molecular weight excluding hydrogens is 731 g/mol. The molecule has 7 heteroatoms. The van der Waals surface area contributed by atoms with E-state index in [1.165, 1.54) is 55.2 Å². The van der Waals surface area contributed by atoms with Crippen molar-refractivity contribution in [2.24, 2.45) is 68.0 Å². The lowest BCUT2D eigenvalue weighted by Gasteiger charge is -2.73. The van der Waals surface area contributed by atoms with E-state index in [-0.39, 0.29) is 39.6 Å². The Labute approximate surface area is 350 Å². The number of allylic oxidation sites excluding steroid dienone is 4. The summed E-state index contributed by atoms with van der Waals surface area (Å²) in [7, 11) is 4.28. The Bertz CT molecular complexity index is 1710. The summed E-state index contributed by atoms with van der Waals surface area (Å²) in [5, 5.41) is 23.4. The van der Waals surface area contributed by atoms with Crippen molar-refractivity contribution in [2.75, 3.05) is 40.4 Å². The maximum atomic E-state index is 14.1. The van der Waals surface area contributed by atoms with E-state index in [1.807, 2.05) is 12.1 Å². The van der Waals surface area contributed by atoms with Crippen LogP contribution in [-0.2, 0) is 11.3 Å². The van der Waals surface area contributed by atoms with Crippen LogP contribution in [0.5, 0.6) is 0 Å². The van der Waals surface area contributed by atoms with Crippen molar-refractivity contribution in [3.8, 4) is 0 Å². The molecule has 6 aliphatic carbocycles. The number of aliphatic hydroxyl groups is 1. The number of carboxylic acid groups (broad SMARTS) is 1. The number of nitrogens with zero attached hydrogens (tertiary/aromatic N) is 2. The molecule has 0 bridgehead atoms. The highest BCUT2D eigenvalue weighted by Gasteiger charge is 2.71. The molecule has 318 valence electrons. The van der Waals surface area contributed by atoms with E-state index >= 15 is 0 Å². The Morgan fingerprint density at radius 1 is 0.877 bits per heavy atom. The second kappa shape index (κ2) is 15.6. The summed E-state index contributed by atoms with van der Waals surface area (Å²) in [6, 6.07) is 8.26. The summed E-state index contributed by atoms with van der Waals surface area (Å²) in [4.78, 5) is 16.8. The van der Waals surface area contributed by atoms with Crippen LogP contribution in [0.4, 0.5) is 4.39 Å². The molecule has 11 atom stereocenters. The highest BCUT2D eigenvalue weighted by atomic mass is 35.5. The van der Waals surface area contributed by atoms with E-state index in [1.54, 1.807) is 0 Å². The Kier molecular flexibility index (Phi) is 11.9. The lowest BCUT2D eigenvalue weighted by Crippen LogP contribution is -2.66. The van der Waals surface area contributed by atoms with Gasteiger partial charge < -0.3 is 15.1 Å². The van der Waals surface area contributed by atoms with Gasteiger partial charge in [-0.3, -0.25) is 9.69 Å². The van der Waals surface area contributed by atoms with Crippen LogP contribution in [-0.4, -0.2) is 72.5 Å². The number of aliphatic hydroxyl groups excluding tert-OH is 1. The first-order chi connectivity index (χ1) is 26.8. The summed E-state index contributed by atoms with van der Waals surface area (Å²) in [5.74, 6) is 2.58. The molecule has 0 aromatic heterocycles. The molecule has 0 spiro atoms. The van der Waals surface area contributed by atoms with Gasteiger partial charge in [-0.15, -0.1) is 0 Å². The molecule has 0 heterocycles. The molecule has 7 rings (SSSR count). The van der Waals surface area contributed by atoms with E-state index in [4.69, 9.17) is 11.6 Å². The molecule has 0 aliphatic heterocycles. The van der Waals surface area contributed by atoms with Crippen molar-refractivity contribution >= 4 is 17.6 Å². The molecule has 4 saturated carbocycles. The molecule has 1 aromatic rings. The topological polar surface area (TPSA) is 64.0 Å². The number of rotatable bonds is 12. The van der Waals surface area contributed by atoms with Crippen molar-refractivity contribution in [1.82, 2.24) is 9.80 Å². The SMILES string of the molecule is CC(C)C1CCC2(C(O)CN(CCN(C)C)Cc3ccc(Cl)cc3)CC[C@]3(C)[C@H](CC[C@@H]4[C@@]5(C)CC=C(C6=CC[C@](CF)(C(=O)O)CC6)C(C)(C)[C@@H]5CC[C@]43C)[C@@H]12. The lowest BCUT2D eigenvalue weighted by molar-refractivity contribution is -0.239. The number of fused-ring (bicyclic) bond motifs is 7. The molecular formula is C50H76ClFN2O3. The first-order valence-electron chi connectivity index (χ1n) is 22.8. The van der Waals surface area contributed by atoms with Gasteiger partial charge in [-0.05, 0) is 177 Å². The minimum Gasteiger partial charge on any atom is -0.481 e. The summed E-state index contributed by atoms with van der Waals surface area (Å²) >= 11 is 6.27. The summed E-state index contributed by atoms with van der Waals surface area (Å²) in [6.07, 6.45) is 16.4. The fourth-order valence-electron chi connectivity index (χ4n) is 15.5. The van der Waals surface area contributed by atoms with E-state index in [2.05, 4.69) is 96.6 Å². The fourth-order valence-corrected chi connectivity index (χ4v) is 15.7. The molecule has 0 saturated heterocycles. The number of alkyl halides is 1. The minimum atomic E-state index is -1.26. The van der Waals surface area contributed by atoms with Gasteiger partial charge in [-0.2, -0.15) is 0 Å². The van der Waals surface area contributed by atoms with Crippen LogP contribution in [0.1, 0.15) is 131 Å². The normalized spacial score (nSPS) is 40.5. The quantitative estimate of drug-likeness (QED) is 0.220. The van der Waals surface area contributed by atoms with E-state index in [0.717, 1.165) is 43.9 Å². The first kappa shape index (κ1) is 43.4. The van der Waals surface area contributed by atoms with E-state index in [9.17, 15) is 19.4 Å². The lowest BCUT2D eigenvalue weighted by atomic mass is 9.32. The highest BCUT2D eigenvalue weighted by Crippen LogP contribution is 2.78. The Balaban J connectivity index is 1.16. The zero-order valence-corrected chi connectivity index (χ0v) is 37.7. The van der Waals surface area contributed by atoms with Crippen LogP contribution < -0.4 is 0 Å². The average molecular weight is 808 g/mol. The van der Waals surface area contributed by atoms with Gasteiger partial charge >= 0.3 is 5.97 Å². The van der Waals surface area contributed by atoms with E-state index in [0.29, 0.717) is 54.9 Å². The molecule has 5 nitrogen and oxygen atoms in total. The number of carboxylic acids is 1. The molecule has 3 unspecified atom stereocenters. The van der Waals surface area contributed by atoms with Crippen LogP contribution in [0.15, 0.2) is 47.6 Å². The standard InChI is InChI=1S/C50H76ClFN2O3/c1-33(2)37-18-25-50(42(55)31-54(29-28-53(8)9)30-34-10-12-36(51)13-11-34)27-26-47(6)39(43(37)50)14-15-41-46(5)21-19-38(45(3,4)40(46)20-22-48(41,47)7)35-16-23-49(32-52,24-17-35)44(56)57/h10-13,16,19,33,37,39-43,55H,14-15,17-18,20-32H2,1-9H3,(H,56,57)/t37?,39-,40+,41-,42?,43-,46+,47-,48-,49+,50?/m1/s1. The van der Waals surface area contributed by atoms with Gasteiger partial charge in [-0.1, -0.05) is 84.4 Å². The van der Waals surface area contributed by atoms with Gasteiger partial charge in [0, 0.05) is 36.6 Å². The minimum absolute atomic E-state index is 0.0264. The largest absolute Gasteiger partial charge is 0.481 e. The van der Waals surface area contributed by atoms with Crippen LogP contribution >= 0.6 is 11.6 Å². The molecule has 4 fully saturated rings. The van der Waals surface area contributed by atoms with Crippen molar-refractivity contribution in [2.45, 2.75) is 138 Å². The van der Waals surface area contributed by atoms with Gasteiger partial charge in [0.1, 0.15) is 6.67 Å². The van der Waals surface area contributed by atoms with Crippen LogP contribution in [0.2, 0.25) is 5.02 Å². The fraction of sp³-hybridized carbons (Fsp3) is 0.780. The summed E-state index contributed by atoms with van der Waals surface area (Å²) in [6.45, 7) is 20.5. The number of likely N-dealkylation sites (N-methyl/N-ethyl adjacent to an activating group) is 1. The molecule has 2 N–H and O–H groups in total. The number of hydrogen-bond acceptors (Lipinski definition) is 4. The summed E-state index contributed by atoms with van der Waals surface area (Å²) < 4.78 is 14.1. The van der Waals surface area contributed by atoms with Crippen molar-refractivity contribution < 1.29 is 19.4 Å². The number of carbonyl (C=O) groups is 1. The molecule has 6 aliphatic rings. The Morgan fingerprint density at radius 2 is 1.60 bits per heavy atom. The monoisotopic (exact) mass is 807 g/mol. The van der Waals surface area contributed by atoms with Crippen molar-refractivity contribution in [3.05, 3.63) is 58.1 Å². The maximum absolute atomic E-state index is 14.1. The Hall–Kier alpha value is -1.73. The smallest absolute Gasteiger partial charge is 0.312 e. The molecule has 0 radical (unpaired) electrons. The average Bonchev–Trinajstić information content (AvgIpc) is 3.56. The first-order valence-corrected chi connectivity index (χ1v) is 23.1. The number of aliphatic carboxylic acids is 1. The van der Waals surface area contributed by atoms with Gasteiger partial charge in [0.25, 0.3) is 0 Å². The Morgan fingerprint density at radius 3 is 2.21 bits per heavy atom. The second-order valence-corrected chi connectivity index (χ2v) is 22.7. The van der Waals surface area contributed by atoms with Gasteiger partial charge in [0.15, 0.2) is 0 Å². The number of benzene rings is 1. The molecule has 0 amide bonds. The molecule has 1 aromatic carbocycles. The van der Waals surface area contributed by atoms with Crippen LogP contribution in [0.3, 0.4) is 0 Å². The van der Waals surface area contributed by atoms with Gasteiger partial charge in [0.05, 0.1) is 11.5 Å². The second-order valence-electron chi connectivity index (χ2n) is 22.3. The predicted molar refractivity (Wildman–Crippen MR) is 232 cm³/mol. The zero-order chi connectivity index (χ0) is 41.3. The number of hydrogen-bond donors (Lipinski definition) is 2. The van der Waals surface area contributed by atoms with Gasteiger partial charge in [-0.25, -0.2) is 4.39 Å². The number of halogens is 2. The van der Waals surface area contributed by atoms with E-state index < -0.39 is 18.1 Å². The third-order valence-electron chi connectivity index (χ3n) is 18.9. The predicted octanol–water partition coefficient (Wildman–Crippen LogP) is 11.5. The molecule has 57 heavy (non-hydrogen) atoms. The van der Waals surface area contributed by atoms with Gasteiger partial charge in [0.2, 0.25) is 0 Å². The maximum Gasteiger partial charge on any atom is 0.312 e. The van der Waals surface area contributed by atoms with Crippen LogP contribution in [0.25, 0.3) is 0 Å². The highest BCUT2D eigenvalue weighted by molar-refractivity contribution is 6.30. The summed E-state index contributed by atoms with van der Waals surface area (Å²) in [5.41, 5.74) is 3.22. The van der Waals surface area contributed by atoms with Crippen molar-refractivity contribution in [1.29, 1.82) is 0 Å². The van der Waals surface area contributed by atoms with Crippen LogP contribution in [0, 0.1) is 68.0 Å². The third-order valence-corrected chi connectivity index (χ3v) is 19.2. The zero-order valence-electron chi connectivity index (χ0n) is 37.0. The third kappa shape index (κ3) is 7.03.